The van der Waals surface area contributed by atoms with Crippen molar-refractivity contribution in [3.63, 3.8) is 0 Å². The van der Waals surface area contributed by atoms with Crippen LogP contribution in [0.1, 0.15) is 55.7 Å². The van der Waals surface area contributed by atoms with Crippen LogP contribution in [0.5, 0.6) is 0 Å². The fourth-order valence-corrected chi connectivity index (χ4v) is 3.37. The SMILES string of the molecule is COC(=O)c1nc2c(N)ncnc2n1C(C)C1CCCCC1. The Morgan fingerprint density at radius 2 is 2.09 bits per heavy atom. The number of carbonyl (C=O) groups excluding carboxylic acids is 1. The monoisotopic (exact) mass is 303 g/mol. The quantitative estimate of drug-likeness (QED) is 0.874. The summed E-state index contributed by atoms with van der Waals surface area (Å²) in [6.45, 7) is 2.11. The summed E-state index contributed by atoms with van der Waals surface area (Å²) >= 11 is 0. The van der Waals surface area contributed by atoms with Crippen molar-refractivity contribution in [1.29, 1.82) is 0 Å². The van der Waals surface area contributed by atoms with E-state index in [0.717, 1.165) is 12.8 Å². The maximum Gasteiger partial charge on any atom is 0.374 e. The smallest absolute Gasteiger partial charge is 0.374 e. The number of imidazole rings is 1. The number of ether oxygens (including phenoxy) is 1. The van der Waals surface area contributed by atoms with E-state index < -0.39 is 5.97 Å². The lowest BCUT2D eigenvalue weighted by atomic mass is 9.84. The number of hydrogen-bond donors (Lipinski definition) is 1. The number of esters is 1. The fraction of sp³-hybridized carbons (Fsp3) is 0.600. The van der Waals surface area contributed by atoms with Gasteiger partial charge in [0.05, 0.1) is 7.11 Å². The highest BCUT2D eigenvalue weighted by Crippen LogP contribution is 2.35. The summed E-state index contributed by atoms with van der Waals surface area (Å²) in [6.07, 6.45) is 7.46. The van der Waals surface area contributed by atoms with Gasteiger partial charge in [-0.1, -0.05) is 19.3 Å². The molecule has 1 fully saturated rings. The topological polar surface area (TPSA) is 95.9 Å². The Morgan fingerprint density at radius 1 is 1.36 bits per heavy atom. The molecule has 0 radical (unpaired) electrons. The second kappa shape index (κ2) is 5.90. The molecule has 2 aromatic heterocycles. The molecule has 7 nitrogen and oxygen atoms in total. The van der Waals surface area contributed by atoms with E-state index in [0.29, 0.717) is 17.1 Å². The summed E-state index contributed by atoms with van der Waals surface area (Å²) in [6, 6.07) is 0.119. The van der Waals surface area contributed by atoms with Crippen molar-refractivity contribution in [2.45, 2.75) is 45.1 Å². The minimum atomic E-state index is -0.472. The zero-order chi connectivity index (χ0) is 15.7. The number of nitrogen functional groups attached to an aromatic ring is 1. The normalized spacial score (nSPS) is 17.5. The van der Waals surface area contributed by atoms with Gasteiger partial charge in [-0.2, -0.15) is 0 Å². The summed E-state index contributed by atoms with van der Waals surface area (Å²) in [5.41, 5.74) is 6.95. The molecule has 0 aliphatic heterocycles. The van der Waals surface area contributed by atoms with Crippen molar-refractivity contribution in [2.75, 3.05) is 12.8 Å². The van der Waals surface area contributed by atoms with Crippen molar-refractivity contribution >= 4 is 23.0 Å². The first-order valence-electron chi connectivity index (χ1n) is 7.70. The number of aromatic nitrogens is 4. The largest absolute Gasteiger partial charge is 0.463 e. The molecule has 0 saturated heterocycles. The molecule has 1 saturated carbocycles. The van der Waals surface area contributed by atoms with Crippen molar-refractivity contribution < 1.29 is 9.53 Å². The minimum Gasteiger partial charge on any atom is -0.463 e. The van der Waals surface area contributed by atoms with Crippen LogP contribution in [-0.2, 0) is 4.74 Å². The molecular weight excluding hydrogens is 282 g/mol. The van der Waals surface area contributed by atoms with E-state index in [2.05, 4.69) is 21.9 Å². The Bertz CT molecular complexity index is 691. The molecule has 2 N–H and O–H groups in total. The number of nitrogens with two attached hydrogens (primary N) is 1. The van der Waals surface area contributed by atoms with E-state index >= 15 is 0 Å². The van der Waals surface area contributed by atoms with E-state index in [1.807, 2.05) is 4.57 Å². The molecule has 1 atom stereocenters. The lowest BCUT2D eigenvalue weighted by Crippen LogP contribution is -2.23. The Kier molecular flexibility index (Phi) is 3.96. The number of nitrogens with zero attached hydrogens (tertiary/aromatic N) is 4. The number of carbonyl (C=O) groups is 1. The van der Waals surface area contributed by atoms with Crippen LogP contribution in [0.15, 0.2) is 6.33 Å². The third-order valence-corrected chi connectivity index (χ3v) is 4.61. The van der Waals surface area contributed by atoms with Crippen LogP contribution < -0.4 is 5.73 Å². The molecule has 2 aromatic rings. The third kappa shape index (κ3) is 2.40. The second-order valence-corrected chi connectivity index (χ2v) is 5.87. The van der Waals surface area contributed by atoms with Crippen molar-refractivity contribution in [2.24, 2.45) is 5.92 Å². The first kappa shape index (κ1) is 14.7. The highest BCUT2D eigenvalue weighted by molar-refractivity contribution is 5.92. The molecule has 1 aliphatic carbocycles. The van der Waals surface area contributed by atoms with Crippen LogP contribution in [0.3, 0.4) is 0 Å². The van der Waals surface area contributed by atoms with Gasteiger partial charge in [-0.05, 0) is 25.7 Å². The number of anilines is 1. The standard InChI is InChI=1S/C15H21N5O2/c1-9(10-6-4-3-5-7-10)20-13-11(12(16)17-8-18-13)19-14(20)15(21)22-2/h8-10H,3-7H2,1-2H3,(H2,16,17,18). The lowest BCUT2D eigenvalue weighted by molar-refractivity contribution is 0.0576. The highest BCUT2D eigenvalue weighted by Gasteiger charge is 2.29. The number of methoxy groups -OCH3 is 1. The zero-order valence-corrected chi connectivity index (χ0v) is 13.0. The molecule has 0 amide bonds. The molecule has 1 unspecified atom stereocenters. The maximum atomic E-state index is 12.1. The van der Waals surface area contributed by atoms with E-state index in [9.17, 15) is 4.79 Å². The summed E-state index contributed by atoms with van der Waals surface area (Å²) in [5.74, 6) is 0.568. The molecule has 7 heteroatoms. The van der Waals surface area contributed by atoms with Gasteiger partial charge in [-0.25, -0.2) is 19.7 Å². The number of hydrogen-bond acceptors (Lipinski definition) is 6. The Morgan fingerprint density at radius 3 is 2.77 bits per heavy atom. The van der Waals surface area contributed by atoms with E-state index in [1.54, 1.807) is 0 Å². The van der Waals surface area contributed by atoms with Crippen molar-refractivity contribution in [3.05, 3.63) is 12.2 Å². The van der Waals surface area contributed by atoms with Crippen molar-refractivity contribution in [3.8, 4) is 0 Å². The Labute approximate surface area is 128 Å². The van der Waals surface area contributed by atoms with Gasteiger partial charge >= 0.3 is 5.97 Å². The molecule has 118 valence electrons. The fourth-order valence-electron chi connectivity index (χ4n) is 3.37. The molecule has 3 rings (SSSR count). The van der Waals surface area contributed by atoms with Crippen LogP contribution in [0.4, 0.5) is 5.82 Å². The first-order chi connectivity index (χ1) is 10.6. The van der Waals surface area contributed by atoms with Crippen LogP contribution in [-0.4, -0.2) is 32.6 Å². The molecule has 1 aliphatic rings. The molecule has 0 aromatic carbocycles. The van der Waals surface area contributed by atoms with Gasteiger partial charge in [-0.3, -0.25) is 4.57 Å². The third-order valence-electron chi connectivity index (χ3n) is 4.61. The van der Waals surface area contributed by atoms with Crippen LogP contribution >= 0.6 is 0 Å². The van der Waals surface area contributed by atoms with Gasteiger partial charge in [0.15, 0.2) is 17.0 Å². The molecular formula is C15H21N5O2. The molecule has 0 spiro atoms. The Balaban J connectivity index is 2.12. The molecule has 0 bridgehead atoms. The number of fused-ring (bicyclic) bond motifs is 1. The highest BCUT2D eigenvalue weighted by atomic mass is 16.5. The van der Waals surface area contributed by atoms with Gasteiger partial charge < -0.3 is 10.5 Å². The van der Waals surface area contributed by atoms with Crippen molar-refractivity contribution in [1.82, 2.24) is 19.5 Å². The van der Waals surface area contributed by atoms with Crippen LogP contribution in [0.25, 0.3) is 11.2 Å². The summed E-state index contributed by atoms with van der Waals surface area (Å²) < 4.78 is 6.74. The zero-order valence-electron chi connectivity index (χ0n) is 13.0. The minimum absolute atomic E-state index is 0.119. The molecule has 2 heterocycles. The van der Waals surface area contributed by atoms with Crippen LogP contribution in [0.2, 0.25) is 0 Å². The van der Waals surface area contributed by atoms with E-state index in [4.69, 9.17) is 10.5 Å². The van der Waals surface area contributed by atoms with Gasteiger partial charge in [-0.15, -0.1) is 0 Å². The maximum absolute atomic E-state index is 12.1. The Hall–Kier alpha value is -2.18. The average Bonchev–Trinajstić information content (AvgIpc) is 2.95. The van der Waals surface area contributed by atoms with Gasteiger partial charge in [0, 0.05) is 6.04 Å². The number of rotatable bonds is 3. The summed E-state index contributed by atoms with van der Waals surface area (Å²) in [5, 5.41) is 0. The lowest BCUT2D eigenvalue weighted by Gasteiger charge is -2.29. The first-order valence-corrected chi connectivity index (χ1v) is 7.70. The van der Waals surface area contributed by atoms with E-state index in [1.165, 1.54) is 32.7 Å². The van der Waals surface area contributed by atoms with E-state index in [-0.39, 0.29) is 17.7 Å². The predicted octanol–water partition coefficient (Wildman–Crippen LogP) is 2.34. The summed E-state index contributed by atoms with van der Waals surface area (Å²) in [7, 11) is 1.35. The van der Waals surface area contributed by atoms with Gasteiger partial charge in [0.1, 0.15) is 6.33 Å². The van der Waals surface area contributed by atoms with Gasteiger partial charge in [0.2, 0.25) is 5.82 Å². The predicted molar refractivity (Wildman–Crippen MR) is 82.4 cm³/mol. The van der Waals surface area contributed by atoms with Gasteiger partial charge in [0.25, 0.3) is 0 Å². The summed E-state index contributed by atoms with van der Waals surface area (Å²) in [4.78, 5) is 24.7. The van der Waals surface area contributed by atoms with Crippen LogP contribution in [0, 0.1) is 5.92 Å². The molecule has 22 heavy (non-hydrogen) atoms. The second-order valence-electron chi connectivity index (χ2n) is 5.87. The average molecular weight is 303 g/mol.